The molecule has 1 atom stereocenters. The van der Waals surface area contributed by atoms with Crippen LogP contribution in [-0.2, 0) is 7.05 Å². The molecular formula is C19H21N3O. The van der Waals surface area contributed by atoms with E-state index in [1.165, 1.54) is 0 Å². The van der Waals surface area contributed by atoms with Gasteiger partial charge in [0.05, 0.1) is 17.3 Å². The Bertz CT molecular complexity index is 851. The maximum atomic E-state index is 12.7. The second kappa shape index (κ2) is 6.24. The third-order valence-electron chi connectivity index (χ3n) is 4.12. The van der Waals surface area contributed by atoms with Crippen molar-refractivity contribution in [2.24, 2.45) is 7.05 Å². The minimum absolute atomic E-state index is 0.0584. The van der Waals surface area contributed by atoms with Crippen LogP contribution in [0.2, 0.25) is 0 Å². The molecule has 1 amide bonds. The summed E-state index contributed by atoms with van der Waals surface area (Å²) in [5.41, 5.74) is 3.62. The Labute approximate surface area is 136 Å². The van der Waals surface area contributed by atoms with Gasteiger partial charge in [0.2, 0.25) is 0 Å². The first-order chi connectivity index (χ1) is 11.1. The SMILES string of the molecule is CC[C@@H](NC(=O)c1cn(C)c2ccccc12)c1cccc(C)n1. The number of benzene rings is 1. The highest BCUT2D eigenvalue weighted by atomic mass is 16.1. The number of rotatable bonds is 4. The van der Waals surface area contributed by atoms with E-state index in [9.17, 15) is 4.79 Å². The van der Waals surface area contributed by atoms with Crippen LogP contribution >= 0.6 is 0 Å². The summed E-state index contributed by atoms with van der Waals surface area (Å²) in [7, 11) is 1.96. The Morgan fingerprint density at radius 2 is 2.00 bits per heavy atom. The van der Waals surface area contributed by atoms with Crippen LogP contribution in [-0.4, -0.2) is 15.5 Å². The van der Waals surface area contributed by atoms with Crippen LogP contribution in [0.3, 0.4) is 0 Å². The molecule has 118 valence electrons. The van der Waals surface area contributed by atoms with Crippen molar-refractivity contribution in [3.05, 3.63) is 65.6 Å². The summed E-state index contributed by atoms with van der Waals surface area (Å²) in [4.78, 5) is 17.3. The highest BCUT2D eigenvalue weighted by Gasteiger charge is 2.18. The number of aryl methyl sites for hydroxylation is 2. The number of carbonyl (C=O) groups excluding carboxylic acids is 1. The van der Waals surface area contributed by atoms with Crippen molar-refractivity contribution in [2.75, 3.05) is 0 Å². The van der Waals surface area contributed by atoms with E-state index >= 15 is 0 Å². The molecule has 2 heterocycles. The molecule has 2 aromatic heterocycles. The molecule has 1 N–H and O–H groups in total. The van der Waals surface area contributed by atoms with E-state index in [1.54, 1.807) is 0 Å². The second-order valence-corrected chi connectivity index (χ2v) is 5.81. The zero-order valence-electron chi connectivity index (χ0n) is 13.7. The van der Waals surface area contributed by atoms with Crippen molar-refractivity contribution in [3.63, 3.8) is 0 Å². The van der Waals surface area contributed by atoms with Gasteiger partial charge in [0.25, 0.3) is 5.91 Å². The van der Waals surface area contributed by atoms with Crippen LogP contribution in [0.5, 0.6) is 0 Å². The fraction of sp³-hybridized carbons (Fsp3) is 0.263. The Morgan fingerprint density at radius 1 is 1.22 bits per heavy atom. The van der Waals surface area contributed by atoms with Gasteiger partial charge in [-0.3, -0.25) is 9.78 Å². The van der Waals surface area contributed by atoms with Crippen molar-refractivity contribution in [1.82, 2.24) is 14.9 Å². The van der Waals surface area contributed by atoms with Crippen molar-refractivity contribution in [2.45, 2.75) is 26.3 Å². The third kappa shape index (κ3) is 2.97. The molecule has 0 spiro atoms. The molecule has 23 heavy (non-hydrogen) atoms. The van der Waals surface area contributed by atoms with Gasteiger partial charge in [0.15, 0.2) is 0 Å². The van der Waals surface area contributed by atoms with E-state index in [2.05, 4.69) is 17.2 Å². The molecule has 0 bridgehead atoms. The van der Waals surface area contributed by atoms with E-state index in [-0.39, 0.29) is 11.9 Å². The van der Waals surface area contributed by atoms with Gasteiger partial charge >= 0.3 is 0 Å². The van der Waals surface area contributed by atoms with Gasteiger partial charge in [-0.05, 0) is 31.5 Å². The molecule has 4 heteroatoms. The zero-order valence-corrected chi connectivity index (χ0v) is 13.7. The number of pyridine rings is 1. The topological polar surface area (TPSA) is 46.9 Å². The predicted molar refractivity (Wildman–Crippen MR) is 92.4 cm³/mol. The molecule has 0 aliphatic carbocycles. The van der Waals surface area contributed by atoms with Crippen molar-refractivity contribution in [3.8, 4) is 0 Å². The predicted octanol–water partition coefficient (Wildman–Crippen LogP) is 3.76. The van der Waals surface area contributed by atoms with Gasteiger partial charge in [-0.2, -0.15) is 0 Å². The molecule has 1 aromatic carbocycles. The maximum absolute atomic E-state index is 12.7. The Balaban J connectivity index is 1.90. The van der Waals surface area contributed by atoms with Gasteiger partial charge in [-0.15, -0.1) is 0 Å². The Morgan fingerprint density at radius 3 is 2.74 bits per heavy atom. The van der Waals surface area contributed by atoms with Gasteiger partial charge in [-0.25, -0.2) is 0 Å². The van der Waals surface area contributed by atoms with Gasteiger partial charge < -0.3 is 9.88 Å². The number of fused-ring (bicyclic) bond motifs is 1. The van der Waals surface area contributed by atoms with Gasteiger partial charge in [-0.1, -0.05) is 31.2 Å². The van der Waals surface area contributed by atoms with Crippen LogP contribution < -0.4 is 5.32 Å². The molecule has 0 unspecified atom stereocenters. The summed E-state index contributed by atoms with van der Waals surface area (Å²) < 4.78 is 1.98. The number of nitrogens with zero attached hydrogens (tertiary/aromatic N) is 2. The minimum atomic E-state index is -0.0821. The second-order valence-electron chi connectivity index (χ2n) is 5.81. The molecule has 0 radical (unpaired) electrons. The first-order valence-electron chi connectivity index (χ1n) is 7.88. The van der Waals surface area contributed by atoms with Crippen molar-refractivity contribution in [1.29, 1.82) is 0 Å². The molecule has 3 aromatic rings. The lowest BCUT2D eigenvalue weighted by atomic mass is 10.1. The number of nitrogens with one attached hydrogen (secondary N) is 1. The fourth-order valence-electron chi connectivity index (χ4n) is 2.90. The van der Waals surface area contributed by atoms with E-state index in [1.807, 2.05) is 67.2 Å². The lowest BCUT2D eigenvalue weighted by Crippen LogP contribution is -2.28. The maximum Gasteiger partial charge on any atom is 0.253 e. The first-order valence-corrected chi connectivity index (χ1v) is 7.88. The molecule has 0 saturated heterocycles. The van der Waals surface area contributed by atoms with Crippen molar-refractivity contribution >= 4 is 16.8 Å². The highest BCUT2D eigenvalue weighted by Crippen LogP contribution is 2.22. The standard InChI is InChI=1S/C19H21N3O/c1-4-16(17-10-7-8-13(2)20-17)21-19(23)15-12-22(3)18-11-6-5-9-14(15)18/h5-12,16H,4H2,1-3H3,(H,21,23)/t16-/m1/s1. The molecule has 4 nitrogen and oxygen atoms in total. The van der Waals surface area contributed by atoms with E-state index in [4.69, 9.17) is 0 Å². The summed E-state index contributed by atoms with van der Waals surface area (Å²) in [6, 6.07) is 13.8. The Hall–Kier alpha value is -2.62. The Kier molecular flexibility index (Phi) is 4.15. The monoisotopic (exact) mass is 307 g/mol. The summed E-state index contributed by atoms with van der Waals surface area (Å²) in [6.45, 7) is 4.01. The van der Waals surface area contributed by atoms with Gasteiger partial charge in [0.1, 0.15) is 0 Å². The van der Waals surface area contributed by atoms with Gasteiger partial charge in [0, 0.05) is 29.8 Å². The molecule has 0 fully saturated rings. The molecule has 3 rings (SSSR count). The lowest BCUT2D eigenvalue weighted by Gasteiger charge is -2.16. The number of hydrogen-bond acceptors (Lipinski definition) is 2. The largest absolute Gasteiger partial charge is 0.350 e. The van der Waals surface area contributed by atoms with E-state index in [0.29, 0.717) is 5.56 Å². The molecule has 0 saturated carbocycles. The average molecular weight is 307 g/mol. The van der Waals surface area contributed by atoms with Crippen LogP contribution in [0.15, 0.2) is 48.7 Å². The number of aromatic nitrogens is 2. The quantitative estimate of drug-likeness (QED) is 0.797. The number of hydrogen-bond donors (Lipinski definition) is 1. The smallest absolute Gasteiger partial charge is 0.253 e. The summed E-state index contributed by atoms with van der Waals surface area (Å²) >= 11 is 0. The highest BCUT2D eigenvalue weighted by molar-refractivity contribution is 6.07. The first kappa shape index (κ1) is 15.3. The van der Waals surface area contributed by atoms with E-state index < -0.39 is 0 Å². The molecule has 0 aliphatic rings. The van der Waals surface area contributed by atoms with E-state index in [0.717, 1.165) is 28.7 Å². The fourth-order valence-corrected chi connectivity index (χ4v) is 2.90. The zero-order chi connectivity index (χ0) is 16.4. The summed E-state index contributed by atoms with van der Waals surface area (Å²) in [5, 5.41) is 4.09. The number of carbonyl (C=O) groups is 1. The van der Waals surface area contributed by atoms with Crippen LogP contribution in [0.25, 0.3) is 10.9 Å². The van der Waals surface area contributed by atoms with Crippen LogP contribution in [0.1, 0.15) is 41.1 Å². The lowest BCUT2D eigenvalue weighted by molar-refractivity contribution is 0.0936. The average Bonchev–Trinajstić information content (AvgIpc) is 2.90. The summed E-state index contributed by atoms with van der Waals surface area (Å²) in [6.07, 6.45) is 2.68. The van der Waals surface area contributed by atoms with Crippen LogP contribution in [0, 0.1) is 6.92 Å². The van der Waals surface area contributed by atoms with Crippen LogP contribution in [0.4, 0.5) is 0 Å². The molecule has 0 aliphatic heterocycles. The minimum Gasteiger partial charge on any atom is -0.350 e. The molecular weight excluding hydrogens is 286 g/mol. The normalized spacial score (nSPS) is 12.3. The number of amides is 1. The third-order valence-corrected chi connectivity index (χ3v) is 4.12. The van der Waals surface area contributed by atoms with Crippen molar-refractivity contribution < 1.29 is 4.79 Å². The number of para-hydroxylation sites is 1. The summed E-state index contributed by atoms with van der Waals surface area (Å²) in [5.74, 6) is -0.0584.